The zero-order valence-electron chi connectivity index (χ0n) is 14.4. The Morgan fingerprint density at radius 3 is 2.43 bits per heavy atom. The van der Waals surface area contributed by atoms with Gasteiger partial charge in [-0.25, -0.2) is 0 Å². The minimum atomic E-state index is 0.277. The number of rotatable bonds is 6. The fraction of sp³-hybridized carbons (Fsp3) is 1.00. The van der Waals surface area contributed by atoms with Gasteiger partial charge in [-0.1, -0.05) is 33.1 Å². The van der Waals surface area contributed by atoms with Crippen LogP contribution in [0.5, 0.6) is 0 Å². The molecule has 2 N–H and O–H groups in total. The fourth-order valence-electron chi connectivity index (χ4n) is 4.76. The first kappa shape index (κ1) is 17.2. The van der Waals surface area contributed by atoms with Gasteiger partial charge in [-0.15, -0.1) is 0 Å². The molecule has 1 aliphatic heterocycles. The van der Waals surface area contributed by atoms with Crippen LogP contribution in [0.15, 0.2) is 0 Å². The predicted octanol–water partition coefficient (Wildman–Crippen LogP) is 3.23. The molecular formula is C18H37N3. The molecule has 0 spiro atoms. The number of hydrogen-bond acceptors (Lipinski definition) is 3. The fourth-order valence-corrected chi connectivity index (χ4v) is 4.76. The van der Waals surface area contributed by atoms with E-state index in [0.29, 0.717) is 0 Å². The summed E-state index contributed by atoms with van der Waals surface area (Å²) < 4.78 is 0. The minimum absolute atomic E-state index is 0.277. The van der Waals surface area contributed by atoms with Crippen molar-refractivity contribution < 1.29 is 0 Å². The van der Waals surface area contributed by atoms with Crippen LogP contribution in [0.25, 0.3) is 0 Å². The molecule has 2 fully saturated rings. The predicted molar refractivity (Wildman–Crippen MR) is 91.6 cm³/mol. The molecule has 1 saturated heterocycles. The Labute approximate surface area is 132 Å². The second-order valence-electron chi connectivity index (χ2n) is 7.20. The zero-order valence-corrected chi connectivity index (χ0v) is 14.4. The Kier molecular flexibility index (Phi) is 6.97. The topological polar surface area (TPSA) is 32.5 Å². The molecule has 3 heteroatoms. The van der Waals surface area contributed by atoms with Gasteiger partial charge in [-0.3, -0.25) is 4.90 Å². The van der Waals surface area contributed by atoms with E-state index < -0.39 is 0 Å². The Morgan fingerprint density at radius 1 is 1.05 bits per heavy atom. The standard InChI is InChI=1S/C18H37N3/c1-3-13-20-14-8-11-18(16-19,12-15-20)21(4-2)17-9-6-5-7-10-17/h17H,3-16,19H2,1-2H3. The van der Waals surface area contributed by atoms with Gasteiger partial charge >= 0.3 is 0 Å². The Morgan fingerprint density at radius 2 is 1.81 bits per heavy atom. The molecule has 0 aromatic carbocycles. The highest BCUT2D eigenvalue weighted by molar-refractivity contribution is 4.97. The molecule has 124 valence electrons. The third-order valence-electron chi connectivity index (χ3n) is 5.90. The van der Waals surface area contributed by atoms with Gasteiger partial charge in [0.1, 0.15) is 0 Å². The van der Waals surface area contributed by atoms with Gasteiger partial charge in [0.05, 0.1) is 0 Å². The van der Waals surface area contributed by atoms with Crippen molar-refractivity contribution in [1.82, 2.24) is 9.80 Å². The molecular weight excluding hydrogens is 258 g/mol. The largest absolute Gasteiger partial charge is 0.329 e. The van der Waals surface area contributed by atoms with Gasteiger partial charge < -0.3 is 10.6 Å². The van der Waals surface area contributed by atoms with E-state index in [1.165, 1.54) is 84.0 Å². The average molecular weight is 296 g/mol. The van der Waals surface area contributed by atoms with E-state index >= 15 is 0 Å². The number of nitrogens with zero attached hydrogens (tertiary/aromatic N) is 2. The van der Waals surface area contributed by atoms with Crippen molar-refractivity contribution in [3.8, 4) is 0 Å². The van der Waals surface area contributed by atoms with Crippen molar-refractivity contribution >= 4 is 0 Å². The molecule has 1 unspecified atom stereocenters. The van der Waals surface area contributed by atoms with Gasteiger partial charge in [0.25, 0.3) is 0 Å². The molecule has 0 amide bonds. The molecule has 1 aliphatic carbocycles. The van der Waals surface area contributed by atoms with Crippen LogP contribution >= 0.6 is 0 Å². The van der Waals surface area contributed by atoms with Crippen molar-refractivity contribution in [2.24, 2.45) is 5.73 Å². The molecule has 0 radical (unpaired) electrons. The second kappa shape index (κ2) is 8.50. The lowest BCUT2D eigenvalue weighted by molar-refractivity contribution is 0.0242. The quantitative estimate of drug-likeness (QED) is 0.816. The zero-order chi connectivity index (χ0) is 15.1. The molecule has 0 aromatic rings. The second-order valence-corrected chi connectivity index (χ2v) is 7.20. The summed E-state index contributed by atoms with van der Waals surface area (Å²) in [4.78, 5) is 5.48. The molecule has 1 saturated carbocycles. The molecule has 3 nitrogen and oxygen atoms in total. The van der Waals surface area contributed by atoms with Crippen LogP contribution in [-0.4, -0.2) is 54.1 Å². The third kappa shape index (κ3) is 4.20. The smallest absolute Gasteiger partial charge is 0.0347 e. The lowest BCUT2D eigenvalue weighted by Crippen LogP contribution is -2.58. The summed E-state index contributed by atoms with van der Waals surface area (Å²) in [5, 5.41) is 0. The van der Waals surface area contributed by atoms with Crippen LogP contribution in [0.2, 0.25) is 0 Å². The van der Waals surface area contributed by atoms with Crippen LogP contribution in [0.4, 0.5) is 0 Å². The summed E-state index contributed by atoms with van der Waals surface area (Å²) in [5.74, 6) is 0. The minimum Gasteiger partial charge on any atom is -0.329 e. The molecule has 0 aromatic heterocycles. The molecule has 21 heavy (non-hydrogen) atoms. The molecule has 1 heterocycles. The number of likely N-dealkylation sites (N-methyl/N-ethyl adjacent to an activating group) is 1. The van der Waals surface area contributed by atoms with Crippen LogP contribution in [0, 0.1) is 0 Å². The summed E-state index contributed by atoms with van der Waals surface area (Å²) in [7, 11) is 0. The van der Waals surface area contributed by atoms with Gasteiger partial charge in [0.15, 0.2) is 0 Å². The maximum atomic E-state index is 6.35. The van der Waals surface area contributed by atoms with E-state index in [1.807, 2.05) is 0 Å². The highest BCUT2D eigenvalue weighted by Gasteiger charge is 2.39. The van der Waals surface area contributed by atoms with Gasteiger partial charge in [0, 0.05) is 18.1 Å². The van der Waals surface area contributed by atoms with Crippen LogP contribution in [0.3, 0.4) is 0 Å². The summed E-state index contributed by atoms with van der Waals surface area (Å²) in [5.41, 5.74) is 6.63. The molecule has 1 atom stereocenters. The Balaban J connectivity index is 2.06. The number of nitrogens with two attached hydrogens (primary N) is 1. The lowest BCUT2D eigenvalue weighted by atomic mass is 9.83. The molecule has 2 aliphatic rings. The first-order valence-electron chi connectivity index (χ1n) is 9.45. The average Bonchev–Trinajstić information content (AvgIpc) is 2.73. The molecule has 2 rings (SSSR count). The van der Waals surface area contributed by atoms with Crippen molar-refractivity contribution in [2.45, 2.75) is 83.2 Å². The Bertz CT molecular complexity index is 288. The first-order valence-corrected chi connectivity index (χ1v) is 9.45. The summed E-state index contributed by atoms with van der Waals surface area (Å²) in [6.45, 7) is 10.4. The van der Waals surface area contributed by atoms with E-state index in [-0.39, 0.29) is 5.54 Å². The maximum Gasteiger partial charge on any atom is 0.0347 e. The summed E-state index contributed by atoms with van der Waals surface area (Å²) in [6.07, 6.45) is 12.2. The number of likely N-dealkylation sites (tertiary alicyclic amines) is 1. The van der Waals surface area contributed by atoms with E-state index in [0.717, 1.165) is 12.6 Å². The molecule has 0 bridgehead atoms. The summed E-state index contributed by atoms with van der Waals surface area (Å²) in [6, 6.07) is 0.796. The lowest BCUT2D eigenvalue weighted by Gasteiger charge is -2.48. The van der Waals surface area contributed by atoms with Gasteiger partial charge in [-0.05, 0) is 64.7 Å². The van der Waals surface area contributed by atoms with E-state index in [9.17, 15) is 0 Å². The van der Waals surface area contributed by atoms with Crippen molar-refractivity contribution in [3.05, 3.63) is 0 Å². The van der Waals surface area contributed by atoms with Crippen molar-refractivity contribution in [2.75, 3.05) is 32.7 Å². The normalized spacial score (nSPS) is 29.7. The first-order chi connectivity index (χ1) is 10.3. The van der Waals surface area contributed by atoms with Gasteiger partial charge in [0.2, 0.25) is 0 Å². The van der Waals surface area contributed by atoms with E-state index in [2.05, 4.69) is 23.6 Å². The number of hydrogen-bond donors (Lipinski definition) is 1. The highest BCUT2D eigenvalue weighted by Crippen LogP contribution is 2.34. The van der Waals surface area contributed by atoms with Crippen molar-refractivity contribution in [1.29, 1.82) is 0 Å². The highest BCUT2D eigenvalue weighted by atomic mass is 15.2. The van der Waals surface area contributed by atoms with Crippen molar-refractivity contribution in [3.63, 3.8) is 0 Å². The van der Waals surface area contributed by atoms with Crippen LogP contribution < -0.4 is 5.73 Å². The Hall–Kier alpha value is -0.120. The monoisotopic (exact) mass is 295 g/mol. The van der Waals surface area contributed by atoms with E-state index in [1.54, 1.807) is 0 Å². The summed E-state index contributed by atoms with van der Waals surface area (Å²) >= 11 is 0. The van der Waals surface area contributed by atoms with E-state index in [4.69, 9.17) is 5.73 Å². The van der Waals surface area contributed by atoms with Crippen LogP contribution in [0.1, 0.15) is 71.6 Å². The van der Waals surface area contributed by atoms with Gasteiger partial charge in [-0.2, -0.15) is 0 Å². The maximum absolute atomic E-state index is 6.35. The third-order valence-corrected chi connectivity index (χ3v) is 5.90. The van der Waals surface area contributed by atoms with Crippen LogP contribution in [-0.2, 0) is 0 Å². The SMILES string of the molecule is CCCN1CCCC(CN)(N(CC)C2CCCCC2)CC1.